The van der Waals surface area contributed by atoms with Crippen LogP contribution in [0.4, 0.5) is 0 Å². The zero-order valence-electron chi connectivity index (χ0n) is 9.91. The van der Waals surface area contributed by atoms with Gasteiger partial charge in [0.15, 0.2) is 0 Å². The van der Waals surface area contributed by atoms with Crippen LogP contribution in [0.5, 0.6) is 0 Å². The summed E-state index contributed by atoms with van der Waals surface area (Å²) in [6.45, 7) is 6.44. The second kappa shape index (κ2) is 3.98. The van der Waals surface area contributed by atoms with Gasteiger partial charge in [-0.3, -0.25) is 0 Å². The van der Waals surface area contributed by atoms with E-state index < -0.39 is 0 Å². The monoisotopic (exact) mass is 209 g/mol. The van der Waals surface area contributed by atoms with Gasteiger partial charge in [0.1, 0.15) is 0 Å². The highest BCUT2D eigenvalue weighted by Gasteiger charge is 2.21. The van der Waals surface area contributed by atoms with Gasteiger partial charge in [0.25, 0.3) is 0 Å². The van der Waals surface area contributed by atoms with Crippen molar-refractivity contribution in [2.75, 3.05) is 0 Å². The number of hydrogen-bond donors (Lipinski definition) is 0. The molecule has 80 valence electrons. The number of nitriles is 1. The van der Waals surface area contributed by atoms with Gasteiger partial charge in [-0.1, -0.05) is 35.4 Å². The van der Waals surface area contributed by atoms with Gasteiger partial charge in [-0.05, 0) is 38.0 Å². The summed E-state index contributed by atoms with van der Waals surface area (Å²) in [5.74, 6) is 0.288. The van der Waals surface area contributed by atoms with Crippen molar-refractivity contribution >= 4 is 0 Å². The average Bonchev–Trinajstić information content (AvgIpc) is 2.57. The van der Waals surface area contributed by atoms with Crippen molar-refractivity contribution < 1.29 is 0 Å². The molecule has 0 N–H and O–H groups in total. The summed E-state index contributed by atoms with van der Waals surface area (Å²) in [5.41, 5.74) is 5.96. The predicted octanol–water partition coefficient (Wildman–Crippen LogP) is 3.94. The van der Waals surface area contributed by atoms with Crippen LogP contribution in [0.2, 0.25) is 0 Å². The van der Waals surface area contributed by atoms with E-state index in [9.17, 15) is 0 Å². The SMILES string of the molecule is CC1=CC(c2ccccc2C#N)C(C)=C1C. The average molecular weight is 209 g/mol. The minimum atomic E-state index is 0.288. The molecule has 0 aromatic heterocycles. The van der Waals surface area contributed by atoms with Crippen LogP contribution in [0, 0.1) is 11.3 Å². The normalized spacial score (nSPS) is 19.6. The van der Waals surface area contributed by atoms with Crippen molar-refractivity contribution in [2.45, 2.75) is 26.7 Å². The highest BCUT2D eigenvalue weighted by Crippen LogP contribution is 2.38. The van der Waals surface area contributed by atoms with E-state index in [2.05, 4.69) is 39.0 Å². The van der Waals surface area contributed by atoms with Crippen molar-refractivity contribution in [3.8, 4) is 6.07 Å². The molecule has 0 amide bonds. The Labute approximate surface area is 96.7 Å². The second-order valence-corrected chi connectivity index (χ2v) is 4.33. The summed E-state index contributed by atoms with van der Waals surface area (Å²) >= 11 is 0. The summed E-state index contributed by atoms with van der Waals surface area (Å²) in [5, 5.41) is 9.11. The maximum absolute atomic E-state index is 9.11. The van der Waals surface area contributed by atoms with E-state index in [4.69, 9.17) is 5.26 Å². The Bertz CT molecular complexity index is 527. The smallest absolute Gasteiger partial charge is 0.0994 e. The Kier molecular flexibility index (Phi) is 2.66. The van der Waals surface area contributed by atoms with E-state index in [1.54, 1.807) is 0 Å². The summed E-state index contributed by atoms with van der Waals surface area (Å²) < 4.78 is 0. The fourth-order valence-corrected chi connectivity index (χ4v) is 2.24. The molecule has 1 aromatic rings. The van der Waals surface area contributed by atoms with Crippen LogP contribution in [-0.2, 0) is 0 Å². The Balaban J connectivity index is 2.53. The lowest BCUT2D eigenvalue weighted by Crippen LogP contribution is -1.97. The van der Waals surface area contributed by atoms with E-state index in [0.29, 0.717) is 0 Å². The minimum absolute atomic E-state index is 0.288. The molecule has 1 aliphatic carbocycles. The molecule has 0 radical (unpaired) electrons. The summed E-state index contributed by atoms with van der Waals surface area (Å²) in [7, 11) is 0. The van der Waals surface area contributed by atoms with Crippen molar-refractivity contribution in [1.82, 2.24) is 0 Å². The predicted molar refractivity (Wildman–Crippen MR) is 66.0 cm³/mol. The van der Waals surface area contributed by atoms with E-state index in [1.807, 2.05) is 18.2 Å². The fraction of sp³-hybridized carbons (Fsp3) is 0.267. The molecule has 2 rings (SSSR count). The number of allylic oxidation sites excluding steroid dienone is 4. The first-order chi connectivity index (χ1) is 7.65. The quantitative estimate of drug-likeness (QED) is 0.687. The molecule has 1 aromatic carbocycles. The molecule has 1 aliphatic rings. The van der Waals surface area contributed by atoms with Gasteiger partial charge >= 0.3 is 0 Å². The largest absolute Gasteiger partial charge is 0.192 e. The molecule has 1 heteroatoms. The standard InChI is InChI=1S/C15H15N/c1-10-8-15(12(3)11(10)2)14-7-5-4-6-13(14)9-16/h4-8,15H,1-3H3. The highest BCUT2D eigenvalue weighted by molar-refractivity contribution is 5.53. The molecule has 0 fully saturated rings. The van der Waals surface area contributed by atoms with Gasteiger partial charge in [-0.2, -0.15) is 5.26 Å². The molecule has 0 saturated carbocycles. The van der Waals surface area contributed by atoms with Crippen LogP contribution >= 0.6 is 0 Å². The highest BCUT2D eigenvalue weighted by atomic mass is 14.3. The minimum Gasteiger partial charge on any atom is -0.192 e. The third-order valence-corrected chi connectivity index (χ3v) is 3.48. The molecule has 0 heterocycles. The third kappa shape index (κ3) is 1.57. The maximum Gasteiger partial charge on any atom is 0.0994 e. The molecule has 0 aliphatic heterocycles. The molecular weight excluding hydrogens is 194 g/mol. The maximum atomic E-state index is 9.11. The van der Waals surface area contributed by atoms with Crippen molar-refractivity contribution in [3.63, 3.8) is 0 Å². The number of hydrogen-bond acceptors (Lipinski definition) is 1. The Morgan fingerprint density at radius 3 is 2.38 bits per heavy atom. The first kappa shape index (κ1) is 10.7. The van der Waals surface area contributed by atoms with Gasteiger partial charge < -0.3 is 0 Å². The Morgan fingerprint density at radius 1 is 1.12 bits per heavy atom. The van der Waals surface area contributed by atoms with Crippen LogP contribution in [0.1, 0.15) is 37.8 Å². The lowest BCUT2D eigenvalue weighted by atomic mass is 9.90. The molecule has 0 spiro atoms. The van der Waals surface area contributed by atoms with E-state index in [0.717, 1.165) is 11.1 Å². The molecule has 0 bridgehead atoms. The zero-order chi connectivity index (χ0) is 11.7. The number of rotatable bonds is 1. The topological polar surface area (TPSA) is 23.8 Å². The number of nitrogens with zero attached hydrogens (tertiary/aromatic N) is 1. The van der Waals surface area contributed by atoms with E-state index in [-0.39, 0.29) is 5.92 Å². The van der Waals surface area contributed by atoms with Crippen molar-refractivity contribution in [1.29, 1.82) is 5.26 Å². The molecule has 0 saturated heterocycles. The third-order valence-electron chi connectivity index (χ3n) is 3.48. The molecule has 16 heavy (non-hydrogen) atoms. The molecule has 1 atom stereocenters. The Hall–Kier alpha value is -1.81. The van der Waals surface area contributed by atoms with Crippen molar-refractivity contribution in [2.24, 2.45) is 0 Å². The van der Waals surface area contributed by atoms with E-state index in [1.165, 1.54) is 16.7 Å². The van der Waals surface area contributed by atoms with E-state index >= 15 is 0 Å². The van der Waals surface area contributed by atoms with Crippen LogP contribution < -0.4 is 0 Å². The lowest BCUT2D eigenvalue weighted by Gasteiger charge is -2.12. The molecule has 1 unspecified atom stereocenters. The Morgan fingerprint density at radius 2 is 1.81 bits per heavy atom. The van der Waals surface area contributed by atoms with Crippen LogP contribution in [0.15, 0.2) is 47.1 Å². The molecular formula is C15H15N. The van der Waals surface area contributed by atoms with Crippen LogP contribution in [0.3, 0.4) is 0 Å². The first-order valence-electron chi connectivity index (χ1n) is 5.50. The number of benzene rings is 1. The fourth-order valence-electron chi connectivity index (χ4n) is 2.24. The van der Waals surface area contributed by atoms with Gasteiger partial charge in [-0.25, -0.2) is 0 Å². The van der Waals surface area contributed by atoms with Gasteiger partial charge in [-0.15, -0.1) is 0 Å². The summed E-state index contributed by atoms with van der Waals surface area (Å²) in [6.07, 6.45) is 2.25. The zero-order valence-corrected chi connectivity index (χ0v) is 9.91. The lowest BCUT2D eigenvalue weighted by molar-refractivity contribution is 0.996. The van der Waals surface area contributed by atoms with Crippen LogP contribution in [-0.4, -0.2) is 0 Å². The van der Waals surface area contributed by atoms with Crippen molar-refractivity contribution in [3.05, 3.63) is 58.2 Å². The molecule has 1 nitrogen and oxygen atoms in total. The van der Waals surface area contributed by atoms with Crippen LogP contribution in [0.25, 0.3) is 0 Å². The van der Waals surface area contributed by atoms with Gasteiger partial charge in [0.05, 0.1) is 11.6 Å². The summed E-state index contributed by atoms with van der Waals surface area (Å²) in [6, 6.07) is 10.1. The second-order valence-electron chi connectivity index (χ2n) is 4.33. The first-order valence-corrected chi connectivity index (χ1v) is 5.50. The summed E-state index contributed by atoms with van der Waals surface area (Å²) in [4.78, 5) is 0. The van der Waals surface area contributed by atoms with Gasteiger partial charge in [0.2, 0.25) is 0 Å². The van der Waals surface area contributed by atoms with Gasteiger partial charge in [0, 0.05) is 5.92 Å².